The van der Waals surface area contributed by atoms with Crippen molar-refractivity contribution >= 4 is 34.3 Å². The van der Waals surface area contributed by atoms with Crippen LogP contribution in [0.25, 0.3) is 6.08 Å². The second kappa shape index (κ2) is 6.89. The quantitative estimate of drug-likeness (QED) is 0.392. The molecule has 1 radical (unpaired) electrons. The average molecular weight is 509 g/mol. The van der Waals surface area contributed by atoms with Gasteiger partial charge < -0.3 is 0 Å². The van der Waals surface area contributed by atoms with E-state index in [-0.39, 0.29) is 21.4 Å². The highest BCUT2D eigenvalue weighted by atomic mass is 29.6. The summed E-state index contributed by atoms with van der Waals surface area (Å²) >= 11 is 0. The molecule has 1 amide bonds. The van der Waals surface area contributed by atoms with Crippen molar-refractivity contribution in [3.05, 3.63) is 40.0 Å². The van der Waals surface area contributed by atoms with E-state index in [4.69, 9.17) is 5.73 Å². The molecule has 1 aromatic carbocycles. The van der Waals surface area contributed by atoms with Gasteiger partial charge in [-0.3, -0.25) is 10.5 Å². The first-order valence-corrected chi connectivity index (χ1v) is 24.7. The lowest BCUT2D eigenvalue weighted by molar-refractivity contribution is -0.124. The van der Waals surface area contributed by atoms with Gasteiger partial charge in [0.2, 0.25) is 5.91 Å². The predicted octanol–water partition coefficient (Wildman–Crippen LogP) is 7.39. The van der Waals surface area contributed by atoms with Crippen LogP contribution < -0.4 is 5.73 Å². The summed E-state index contributed by atoms with van der Waals surface area (Å²) in [6, 6.07) is 5.06. The second-order valence-corrected chi connectivity index (χ2v) is 42.5. The summed E-state index contributed by atoms with van der Waals surface area (Å²) in [4.78, 5) is 14.0. The monoisotopic (exact) mass is 508 g/mol. The van der Waals surface area contributed by atoms with Crippen LogP contribution in [0.4, 0.5) is 0 Å². The van der Waals surface area contributed by atoms with Crippen molar-refractivity contribution < 1.29 is 4.79 Å². The van der Waals surface area contributed by atoms with Crippen LogP contribution in [0, 0.1) is 11.8 Å². The fourth-order valence-electron chi connectivity index (χ4n) is 10.1. The molecule has 185 valence electrons. The summed E-state index contributed by atoms with van der Waals surface area (Å²) in [6.45, 7) is 25.2. The topological polar surface area (TPSA) is 40.9 Å². The van der Waals surface area contributed by atoms with Crippen molar-refractivity contribution in [3.63, 3.8) is 0 Å². The van der Waals surface area contributed by atoms with E-state index in [0.717, 1.165) is 12.8 Å². The number of nitrogens with one attached hydrogen (secondary N) is 1. The van der Waals surface area contributed by atoms with Crippen LogP contribution >= 0.6 is 0 Å². The highest BCUT2D eigenvalue weighted by molar-refractivity contribution is 7.72. The number of rotatable bonds is 3. The maximum atomic E-state index is 14.0. The standard InChI is InChI=1S/C29H46NOSi3/c1-11-19-14-20-16-23(27(2,3)4)18-25(24(20)15-19)28-21-12-13-22(17-21)29(28,26(30)31)33(7,8)34(9,10)32(28,5)6/h14,16,18,21-22,30H,11-13,15,17H2,1-10H3. The Kier molecular flexibility index (Phi) is 5.02. The molecule has 1 aliphatic heterocycles. The fraction of sp³-hybridized carbons (Fsp3) is 0.690. The van der Waals surface area contributed by atoms with Gasteiger partial charge in [-0.25, -0.2) is 0 Å². The van der Waals surface area contributed by atoms with Crippen LogP contribution in [0.2, 0.25) is 44.3 Å². The van der Waals surface area contributed by atoms with Gasteiger partial charge >= 0.3 is 0 Å². The molecule has 1 saturated heterocycles. The Bertz CT molecular complexity index is 1120. The first-order valence-electron chi connectivity index (χ1n) is 13.7. The highest BCUT2D eigenvalue weighted by Gasteiger charge is 2.89. The van der Waals surface area contributed by atoms with Gasteiger partial charge in [0.05, 0.1) is 20.2 Å². The molecule has 0 aromatic heterocycles. The van der Waals surface area contributed by atoms with Gasteiger partial charge in [0, 0.05) is 12.1 Å². The number of hydrogen-bond acceptors (Lipinski definition) is 1. The van der Waals surface area contributed by atoms with E-state index < -0.39 is 22.3 Å². The molecule has 5 heteroatoms. The number of allylic oxidation sites excluding steroid dienone is 1. The van der Waals surface area contributed by atoms with E-state index in [1.54, 1.807) is 11.1 Å². The van der Waals surface area contributed by atoms with Gasteiger partial charge in [-0.2, -0.15) is 0 Å². The highest BCUT2D eigenvalue weighted by Crippen LogP contribution is 2.83. The first-order chi connectivity index (χ1) is 15.5. The Morgan fingerprint density at radius 1 is 1.03 bits per heavy atom. The summed E-state index contributed by atoms with van der Waals surface area (Å²) in [6.07, 6.45) is 8.28. The number of amides is 1. The zero-order chi connectivity index (χ0) is 25.3. The predicted molar refractivity (Wildman–Crippen MR) is 153 cm³/mol. The van der Waals surface area contributed by atoms with Crippen molar-refractivity contribution in [3.8, 4) is 0 Å². The van der Waals surface area contributed by atoms with Crippen molar-refractivity contribution in [2.24, 2.45) is 11.8 Å². The van der Waals surface area contributed by atoms with Gasteiger partial charge in [0.25, 0.3) is 0 Å². The van der Waals surface area contributed by atoms with Crippen LogP contribution in [0.15, 0.2) is 17.7 Å². The number of benzene rings is 1. The van der Waals surface area contributed by atoms with Gasteiger partial charge in [-0.1, -0.05) is 90.8 Å². The zero-order valence-electron chi connectivity index (χ0n) is 23.3. The molecule has 3 aliphatic carbocycles. The van der Waals surface area contributed by atoms with E-state index >= 15 is 0 Å². The lowest BCUT2D eigenvalue weighted by atomic mass is 9.69. The number of hydrogen-bond donors (Lipinski definition) is 0. The minimum Gasteiger partial charge on any atom is -0.273 e. The molecule has 4 atom stereocenters. The molecular formula is C29H46NOSi3. The molecule has 4 unspecified atom stereocenters. The van der Waals surface area contributed by atoms with Gasteiger partial charge in [0.15, 0.2) is 0 Å². The molecule has 0 spiro atoms. The summed E-state index contributed by atoms with van der Waals surface area (Å²) in [5.74, 6) is 0.880. The Labute approximate surface area is 210 Å². The molecule has 34 heavy (non-hydrogen) atoms. The molecule has 2 saturated carbocycles. The van der Waals surface area contributed by atoms with Gasteiger partial charge in [0.1, 0.15) is 0 Å². The lowest BCUT2D eigenvalue weighted by Gasteiger charge is -2.57. The van der Waals surface area contributed by atoms with Crippen LogP contribution in [-0.4, -0.2) is 28.2 Å². The van der Waals surface area contributed by atoms with E-state index in [9.17, 15) is 4.79 Å². The third-order valence-corrected chi connectivity index (χ3v) is 57.4. The fourth-order valence-corrected chi connectivity index (χ4v) is 54.3. The molecule has 1 N–H and O–H groups in total. The van der Waals surface area contributed by atoms with E-state index in [2.05, 4.69) is 85.2 Å². The second-order valence-electron chi connectivity index (χ2n) is 14.7. The molecule has 4 aliphatic rings. The normalized spacial score (nSPS) is 36.4. The Morgan fingerprint density at radius 3 is 2.21 bits per heavy atom. The first kappa shape index (κ1) is 24.8. The van der Waals surface area contributed by atoms with Crippen LogP contribution in [0.5, 0.6) is 0 Å². The Morgan fingerprint density at radius 2 is 1.65 bits per heavy atom. The largest absolute Gasteiger partial charge is 0.273 e. The maximum absolute atomic E-state index is 14.0. The van der Waals surface area contributed by atoms with Crippen molar-refractivity contribution in [2.45, 2.75) is 115 Å². The van der Waals surface area contributed by atoms with E-state index in [0.29, 0.717) is 11.8 Å². The molecule has 2 bridgehead atoms. The minimum atomic E-state index is -2.03. The van der Waals surface area contributed by atoms with E-state index in [1.807, 2.05) is 0 Å². The van der Waals surface area contributed by atoms with Crippen molar-refractivity contribution in [2.75, 3.05) is 0 Å². The summed E-state index contributed by atoms with van der Waals surface area (Å²) < 4.78 is 0. The van der Waals surface area contributed by atoms with E-state index in [1.165, 1.54) is 36.0 Å². The minimum absolute atomic E-state index is 0.0461. The van der Waals surface area contributed by atoms with Gasteiger partial charge in [-0.05, 0) is 71.6 Å². The Balaban J connectivity index is 1.96. The summed E-state index contributed by atoms with van der Waals surface area (Å²) in [5, 5.41) is -0.427. The molecule has 1 aromatic rings. The van der Waals surface area contributed by atoms with Crippen LogP contribution in [-0.2, 0) is 21.7 Å². The molecule has 1 heterocycles. The average Bonchev–Trinajstić information content (AvgIpc) is 3.44. The molecule has 3 fully saturated rings. The molecule has 5 rings (SSSR count). The lowest BCUT2D eigenvalue weighted by Crippen LogP contribution is -2.69. The Hall–Kier alpha value is -0.919. The third kappa shape index (κ3) is 2.36. The SMILES string of the molecule is CCC1=Cc2cc(C(C)(C)C)cc(C34C5CCC(C5)C3(C([NH])=O)[Si](C)(C)[Si](C)(C)[Si]4(C)C)c2C1. The van der Waals surface area contributed by atoms with Crippen molar-refractivity contribution in [1.82, 2.24) is 5.73 Å². The number of carbonyl (C=O) groups excluding carboxylic acids is 1. The summed E-state index contributed by atoms with van der Waals surface area (Å²) in [5.41, 5.74) is 16.7. The zero-order valence-corrected chi connectivity index (χ0v) is 26.3. The van der Waals surface area contributed by atoms with Gasteiger partial charge in [-0.15, -0.1) is 0 Å². The smallest absolute Gasteiger partial charge is 0.242 e. The van der Waals surface area contributed by atoms with Crippen LogP contribution in [0.1, 0.15) is 75.6 Å². The van der Waals surface area contributed by atoms with Crippen molar-refractivity contribution in [1.29, 1.82) is 0 Å². The maximum Gasteiger partial charge on any atom is 0.242 e. The molecule has 2 nitrogen and oxygen atoms in total. The molecular weight excluding hydrogens is 463 g/mol. The number of carbonyl (C=O) groups is 1. The number of fused-ring (bicyclic) bond motifs is 6. The summed E-state index contributed by atoms with van der Waals surface area (Å²) in [7, 11) is -5.69. The van der Waals surface area contributed by atoms with Crippen LogP contribution in [0.3, 0.4) is 0 Å². The third-order valence-electron chi connectivity index (χ3n) is 12.5.